The van der Waals surface area contributed by atoms with Gasteiger partial charge >= 0.3 is 0 Å². The summed E-state index contributed by atoms with van der Waals surface area (Å²) in [7, 11) is 0. The molecular weight excluding hydrogens is 242 g/mol. The van der Waals surface area contributed by atoms with Gasteiger partial charge in [-0.25, -0.2) is 0 Å². The van der Waals surface area contributed by atoms with E-state index in [0.29, 0.717) is 11.5 Å². The quantitative estimate of drug-likeness (QED) is 0.746. The van der Waals surface area contributed by atoms with Crippen LogP contribution in [0.15, 0.2) is 24.3 Å². The SMILES string of the molecule is CCNC(c1ccccc1C)C1(CC(C)C)CCCC1. The molecule has 1 heteroatoms. The number of nitrogens with one attached hydrogen (secondary N) is 1. The van der Waals surface area contributed by atoms with Gasteiger partial charge in [-0.3, -0.25) is 0 Å². The molecule has 0 spiro atoms. The smallest absolute Gasteiger partial charge is 0.0379 e. The molecule has 1 aliphatic rings. The maximum Gasteiger partial charge on any atom is 0.0379 e. The largest absolute Gasteiger partial charge is 0.310 e. The van der Waals surface area contributed by atoms with Crippen LogP contribution in [0, 0.1) is 18.3 Å². The molecule has 1 aromatic carbocycles. The highest BCUT2D eigenvalue weighted by Crippen LogP contribution is 2.52. The summed E-state index contributed by atoms with van der Waals surface area (Å²) in [6.45, 7) is 10.3. The molecule has 0 radical (unpaired) electrons. The molecule has 20 heavy (non-hydrogen) atoms. The lowest BCUT2D eigenvalue weighted by molar-refractivity contribution is 0.156. The van der Waals surface area contributed by atoms with Crippen molar-refractivity contribution in [1.82, 2.24) is 5.32 Å². The average molecular weight is 273 g/mol. The molecule has 1 nitrogen and oxygen atoms in total. The topological polar surface area (TPSA) is 12.0 Å². The molecule has 0 bridgehead atoms. The van der Waals surface area contributed by atoms with E-state index in [1.807, 2.05) is 0 Å². The van der Waals surface area contributed by atoms with E-state index in [1.54, 1.807) is 0 Å². The first-order valence-corrected chi connectivity index (χ1v) is 8.38. The zero-order valence-electron chi connectivity index (χ0n) is 13.7. The Morgan fingerprint density at radius 3 is 2.35 bits per heavy atom. The van der Waals surface area contributed by atoms with Crippen LogP contribution in [-0.4, -0.2) is 6.54 Å². The highest BCUT2D eigenvalue weighted by molar-refractivity contribution is 5.31. The molecular formula is C19H31N. The van der Waals surface area contributed by atoms with Crippen LogP contribution in [0.25, 0.3) is 0 Å². The van der Waals surface area contributed by atoms with E-state index in [1.165, 1.54) is 43.2 Å². The van der Waals surface area contributed by atoms with Crippen molar-refractivity contribution in [1.29, 1.82) is 0 Å². The molecule has 1 atom stereocenters. The lowest BCUT2D eigenvalue weighted by Crippen LogP contribution is -2.38. The molecule has 0 amide bonds. The fourth-order valence-electron chi connectivity index (χ4n) is 4.27. The van der Waals surface area contributed by atoms with E-state index in [9.17, 15) is 0 Å². The van der Waals surface area contributed by atoms with Crippen LogP contribution in [0.3, 0.4) is 0 Å². The molecule has 1 aromatic rings. The van der Waals surface area contributed by atoms with Crippen LogP contribution in [0.5, 0.6) is 0 Å². The van der Waals surface area contributed by atoms with Crippen molar-refractivity contribution < 1.29 is 0 Å². The first kappa shape index (κ1) is 15.6. The van der Waals surface area contributed by atoms with Gasteiger partial charge in [0.05, 0.1) is 0 Å². The van der Waals surface area contributed by atoms with E-state index >= 15 is 0 Å². The maximum absolute atomic E-state index is 3.83. The van der Waals surface area contributed by atoms with Crippen molar-refractivity contribution in [2.75, 3.05) is 6.54 Å². The highest BCUT2D eigenvalue weighted by atomic mass is 14.9. The molecule has 1 N–H and O–H groups in total. The Balaban J connectivity index is 2.37. The van der Waals surface area contributed by atoms with Crippen molar-refractivity contribution in [2.45, 2.75) is 65.8 Å². The van der Waals surface area contributed by atoms with Gasteiger partial charge in [0, 0.05) is 6.04 Å². The van der Waals surface area contributed by atoms with Crippen LogP contribution in [0.4, 0.5) is 0 Å². The Hall–Kier alpha value is -0.820. The zero-order chi connectivity index (χ0) is 14.6. The van der Waals surface area contributed by atoms with Crippen LogP contribution in [-0.2, 0) is 0 Å². The summed E-state index contributed by atoms with van der Waals surface area (Å²) in [4.78, 5) is 0. The third kappa shape index (κ3) is 3.25. The van der Waals surface area contributed by atoms with Gasteiger partial charge in [-0.15, -0.1) is 0 Å². The number of hydrogen-bond acceptors (Lipinski definition) is 1. The maximum atomic E-state index is 3.83. The third-order valence-corrected chi connectivity index (χ3v) is 4.93. The molecule has 112 valence electrons. The summed E-state index contributed by atoms with van der Waals surface area (Å²) in [5, 5.41) is 3.83. The first-order valence-electron chi connectivity index (χ1n) is 8.38. The minimum absolute atomic E-state index is 0.469. The second kappa shape index (κ2) is 6.76. The predicted molar refractivity (Wildman–Crippen MR) is 88.0 cm³/mol. The van der Waals surface area contributed by atoms with Crippen molar-refractivity contribution in [2.24, 2.45) is 11.3 Å². The van der Waals surface area contributed by atoms with Gasteiger partial charge in [-0.2, -0.15) is 0 Å². The summed E-state index contributed by atoms with van der Waals surface area (Å²) in [5.41, 5.74) is 3.43. The summed E-state index contributed by atoms with van der Waals surface area (Å²) in [6, 6.07) is 9.48. The van der Waals surface area contributed by atoms with Gasteiger partial charge in [0.15, 0.2) is 0 Å². The molecule has 0 heterocycles. The van der Waals surface area contributed by atoms with Crippen LogP contribution in [0.2, 0.25) is 0 Å². The first-order chi connectivity index (χ1) is 9.59. The van der Waals surface area contributed by atoms with E-state index < -0.39 is 0 Å². The molecule has 0 aliphatic heterocycles. The van der Waals surface area contributed by atoms with E-state index in [0.717, 1.165) is 12.5 Å². The lowest BCUT2D eigenvalue weighted by atomic mass is 9.69. The number of hydrogen-bond donors (Lipinski definition) is 1. The Kier molecular flexibility index (Phi) is 5.26. The fraction of sp³-hybridized carbons (Fsp3) is 0.684. The highest BCUT2D eigenvalue weighted by Gasteiger charge is 2.42. The van der Waals surface area contributed by atoms with Crippen LogP contribution >= 0.6 is 0 Å². The monoisotopic (exact) mass is 273 g/mol. The second-order valence-corrected chi connectivity index (χ2v) is 7.01. The Morgan fingerprint density at radius 1 is 1.15 bits per heavy atom. The second-order valence-electron chi connectivity index (χ2n) is 7.01. The summed E-state index contributed by atoms with van der Waals surface area (Å²) in [5.74, 6) is 0.776. The Bertz CT molecular complexity index is 416. The van der Waals surface area contributed by atoms with Gasteiger partial charge in [0.2, 0.25) is 0 Å². The van der Waals surface area contributed by atoms with Crippen molar-refractivity contribution in [3.8, 4) is 0 Å². The van der Waals surface area contributed by atoms with Gasteiger partial charge in [-0.1, -0.05) is 57.9 Å². The van der Waals surface area contributed by atoms with E-state index in [-0.39, 0.29) is 0 Å². The summed E-state index contributed by atoms with van der Waals surface area (Å²) >= 11 is 0. The summed E-state index contributed by atoms with van der Waals surface area (Å²) < 4.78 is 0. The predicted octanol–water partition coefficient (Wildman–Crippen LogP) is 5.25. The normalized spacial score (nSPS) is 19.4. The van der Waals surface area contributed by atoms with Gasteiger partial charge in [0.1, 0.15) is 0 Å². The Morgan fingerprint density at radius 2 is 1.80 bits per heavy atom. The minimum Gasteiger partial charge on any atom is -0.310 e. The summed E-state index contributed by atoms with van der Waals surface area (Å²) in [6.07, 6.45) is 6.92. The average Bonchev–Trinajstić information content (AvgIpc) is 2.85. The molecule has 0 saturated heterocycles. The van der Waals surface area contributed by atoms with Crippen molar-refractivity contribution in [3.05, 3.63) is 35.4 Å². The van der Waals surface area contributed by atoms with Crippen LogP contribution < -0.4 is 5.32 Å². The van der Waals surface area contributed by atoms with Crippen molar-refractivity contribution in [3.63, 3.8) is 0 Å². The standard InChI is InChI=1S/C19H31N/c1-5-20-18(17-11-7-6-10-16(17)4)19(14-15(2)3)12-8-9-13-19/h6-7,10-11,15,18,20H,5,8-9,12-14H2,1-4H3. The number of aryl methyl sites for hydroxylation is 1. The number of benzene rings is 1. The zero-order valence-corrected chi connectivity index (χ0v) is 13.7. The van der Waals surface area contributed by atoms with Gasteiger partial charge < -0.3 is 5.32 Å². The molecule has 0 aromatic heterocycles. The molecule has 1 aliphatic carbocycles. The van der Waals surface area contributed by atoms with Gasteiger partial charge in [0.25, 0.3) is 0 Å². The Labute approximate surface area is 125 Å². The van der Waals surface area contributed by atoms with E-state index in [2.05, 4.69) is 57.3 Å². The van der Waals surface area contributed by atoms with Gasteiger partial charge in [-0.05, 0) is 55.2 Å². The van der Waals surface area contributed by atoms with Crippen molar-refractivity contribution >= 4 is 0 Å². The molecule has 1 unspecified atom stereocenters. The van der Waals surface area contributed by atoms with Crippen LogP contribution in [0.1, 0.15) is 70.0 Å². The third-order valence-electron chi connectivity index (χ3n) is 4.93. The number of rotatable bonds is 6. The fourth-order valence-corrected chi connectivity index (χ4v) is 4.27. The minimum atomic E-state index is 0.469. The molecule has 1 fully saturated rings. The molecule has 1 saturated carbocycles. The van der Waals surface area contributed by atoms with E-state index in [4.69, 9.17) is 0 Å². The molecule has 2 rings (SSSR count). The lowest BCUT2D eigenvalue weighted by Gasteiger charge is -2.40.